The predicted octanol–water partition coefficient (Wildman–Crippen LogP) is 2.50. The van der Waals surface area contributed by atoms with Crippen molar-refractivity contribution >= 4 is 30.7 Å². The van der Waals surface area contributed by atoms with Crippen LogP contribution in [-0.2, 0) is 9.31 Å². The number of piperidine rings is 1. The van der Waals surface area contributed by atoms with Crippen molar-refractivity contribution < 1.29 is 14.3 Å². The van der Waals surface area contributed by atoms with Crippen LogP contribution in [0.1, 0.15) is 58.8 Å². The Hall–Kier alpha value is -1.34. The molecule has 5 rings (SSSR count). The molecule has 0 amide bonds. The average Bonchev–Trinajstić information content (AvgIpc) is 3.35. The lowest BCUT2D eigenvalue weighted by molar-refractivity contribution is 0.00578. The highest BCUT2D eigenvalue weighted by atomic mass is 16.7. The van der Waals surface area contributed by atoms with Crippen molar-refractivity contribution in [1.82, 2.24) is 14.8 Å². The summed E-state index contributed by atoms with van der Waals surface area (Å²) in [6.07, 6.45) is 3.55. The molecule has 3 heterocycles. The van der Waals surface area contributed by atoms with E-state index in [-0.39, 0.29) is 24.4 Å². The van der Waals surface area contributed by atoms with Gasteiger partial charge in [-0.25, -0.2) is 4.98 Å². The van der Waals surface area contributed by atoms with Crippen molar-refractivity contribution in [2.24, 2.45) is 5.92 Å². The van der Waals surface area contributed by atoms with Crippen LogP contribution >= 0.6 is 0 Å². The Bertz CT molecular complexity index is 897. The van der Waals surface area contributed by atoms with Crippen molar-refractivity contribution in [3.05, 3.63) is 24.0 Å². The maximum atomic E-state index is 10.3. The molecule has 28 heavy (non-hydrogen) atoms. The van der Waals surface area contributed by atoms with E-state index in [1.54, 1.807) is 0 Å². The number of benzene rings is 1. The zero-order valence-corrected chi connectivity index (χ0v) is 17.4. The normalized spacial score (nSPS) is 31.2. The Kier molecular flexibility index (Phi) is 4.05. The predicted molar refractivity (Wildman–Crippen MR) is 111 cm³/mol. The number of nitrogens with one attached hydrogen (secondary N) is 1. The second-order valence-electron chi connectivity index (χ2n) is 9.74. The molecule has 1 aromatic carbocycles. The van der Waals surface area contributed by atoms with Crippen LogP contribution < -0.4 is 5.46 Å². The number of aromatic amines is 1. The number of hydrogen-bond donors (Lipinski definition) is 2. The van der Waals surface area contributed by atoms with Gasteiger partial charge in [-0.3, -0.25) is 0 Å². The summed E-state index contributed by atoms with van der Waals surface area (Å²) in [6, 6.07) is 6.82. The van der Waals surface area contributed by atoms with Crippen LogP contribution in [0.4, 0.5) is 0 Å². The molecular formula is C20H29B2N3O3. The fraction of sp³-hybridized carbons (Fsp3) is 0.650. The zero-order chi connectivity index (χ0) is 19.8. The first-order valence-corrected chi connectivity index (χ1v) is 10.5. The second-order valence-corrected chi connectivity index (χ2v) is 9.74. The number of aromatic nitrogens is 2. The molecule has 148 valence electrons. The molecule has 2 saturated heterocycles. The van der Waals surface area contributed by atoms with E-state index >= 15 is 0 Å². The number of H-pyrrole nitrogens is 1. The Morgan fingerprint density at radius 3 is 2.61 bits per heavy atom. The van der Waals surface area contributed by atoms with E-state index in [1.165, 1.54) is 12.8 Å². The summed E-state index contributed by atoms with van der Waals surface area (Å²) in [5.41, 5.74) is 2.24. The summed E-state index contributed by atoms with van der Waals surface area (Å²) in [5.74, 6) is 1.54. The van der Waals surface area contributed by atoms with Crippen molar-refractivity contribution in [2.75, 3.05) is 0 Å². The van der Waals surface area contributed by atoms with E-state index in [0.29, 0.717) is 12.0 Å². The molecule has 3 atom stereocenters. The van der Waals surface area contributed by atoms with Gasteiger partial charge >= 0.3 is 14.2 Å². The Morgan fingerprint density at radius 2 is 1.93 bits per heavy atom. The molecule has 2 aromatic rings. The molecule has 2 aliphatic heterocycles. The minimum Gasteiger partial charge on any atom is -0.437 e. The number of fused-ring (bicyclic) bond motifs is 3. The highest BCUT2D eigenvalue weighted by Gasteiger charge is 2.52. The highest BCUT2D eigenvalue weighted by Crippen LogP contribution is 2.49. The van der Waals surface area contributed by atoms with Crippen LogP contribution in [0, 0.1) is 5.92 Å². The maximum Gasteiger partial charge on any atom is 0.494 e. The average molecular weight is 381 g/mol. The van der Waals surface area contributed by atoms with Gasteiger partial charge in [-0.15, -0.1) is 0 Å². The number of nitrogens with zero attached hydrogens (tertiary/aromatic N) is 2. The minimum absolute atomic E-state index is 0.173. The zero-order valence-electron chi connectivity index (χ0n) is 17.4. The minimum atomic E-state index is -0.450. The van der Waals surface area contributed by atoms with Crippen LogP contribution in [-0.4, -0.2) is 51.2 Å². The summed E-state index contributed by atoms with van der Waals surface area (Å²) in [5, 5.41) is 10.3. The molecule has 0 spiro atoms. The molecule has 1 aromatic heterocycles. The summed E-state index contributed by atoms with van der Waals surface area (Å²) >= 11 is 0. The molecule has 6 nitrogen and oxygen atoms in total. The SMILES string of the molecule is CB(O)N1[C@@H]2CC[C@@H](C2)[C@H]1c1nc2ccc(B3OC(C)(C)C(C)(C)O3)cc2[nH]1. The smallest absolute Gasteiger partial charge is 0.437 e. The fourth-order valence-corrected chi connectivity index (χ4v) is 5.23. The number of hydrogen-bond acceptors (Lipinski definition) is 5. The van der Waals surface area contributed by atoms with Crippen molar-refractivity contribution in [3.63, 3.8) is 0 Å². The molecule has 3 aliphatic rings. The van der Waals surface area contributed by atoms with Gasteiger partial charge < -0.3 is 24.1 Å². The third kappa shape index (κ3) is 2.69. The second kappa shape index (κ2) is 6.08. The van der Waals surface area contributed by atoms with E-state index in [2.05, 4.69) is 43.6 Å². The summed E-state index contributed by atoms with van der Waals surface area (Å²) < 4.78 is 12.4. The quantitative estimate of drug-likeness (QED) is 0.800. The molecule has 1 aliphatic carbocycles. The van der Waals surface area contributed by atoms with E-state index < -0.39 is 7.05 Å². The largest absolute Gasteiger partial charge is 0.494 e. The lowest BCUT2D eigenvalue weighted by atomic mass is 9.79. The van der Waals surface area contributed by atoms with Gasteiger partial charge in [0.1, 0.15) is 5.82 Å². The van der Waals surface area contributed by atoms with Crippen molar-refractivity contribution in [1.29, 1.82) is 0 Å². The Labute approximate surface area is 167 Å². The van der Waals surface area contributed by atoms with Crippen LogP contribution in [0.15, 0.2) is 18.2 Å². The van der Waals surface area contributed by atoms with Gasteiger partial charge in [-0.05, 0) is 77.3 Å². The fourth-order valence-electron chi connectivity index (χ4n) is 5.23. The van der Waals surface area contributed by atoms with Gasteiger partial charge in [0, 0.05) is 6.04 Å². The van der Waals surface area contributed by atoms with Gasteiger partial charge in [-0.2, -0.15) is 0 Å². The van der Waals surface area contributed by atoms with Gasteiger partial charge in [-0.1, -0.05) is 6.07 Å². The van der Waals surface area contributed by atoms with Gasteiger partial charge in [0.05, 0.1) is 28.3 Å². The first-order valence-electron chi connectivity index (χ1n) is 10.5. The third-order valence-electron chi connectivity index (χ3n) is 7.40. The van der Waals surface area contributed by atoms with Gasteiger partial charge in [0.25, 0.3) is 0 Å². The van der Waals surface area contributed by atoms with E-state index in [1.807, 2.05) is 19.0 Å². The monoisotopic (exact) mass is 381 g/mol. The van der Waals surface area contributed by atoms with E-state index in [0.717, 1.165) is 28.7 Å². The molecule has 2 bridgehead atoms. The molecule has 0 radical (unpaired) electrons. The van der Waals surface area contributed by atoms with E-state index in [9.17, 15) is 5.02 Å². The topological polar surface area (TPSA) is 70.6 Å². The van der Waals surface area contributed by atoms with Gasteiger partial charge in [0.2, 0.25) is 0 Å². The summed E-state index contributed by atoms with van der Waals surface area (Å²) in [4.78, 5) is 10.7. The number of rotatable bonds is 3. The van der Waals surface area contributed by atoms with Crippen LogP contribution in [0.2, 0.25) is 6.82 Å². The summed E-state index contributed by atoms with van der Waals surface area (Å²) in [7, 11) is -0.827. The molecule has 8 heteroatoms. The Balaban J connectivity index is 1.47. The third-order valence-corrected chi connectivity index (χ3v) is 7.40. The highest BCUT2D eigenvalue weighted by molar-refractivity contribution is 6.62. The van der Waals surface area contributed by atoms with Crippen molar-refractivity contribution in [3.8, 4) is 0 Å². The van der Waals surface area contributed by atoms with Gasteiger partial charge in [0.15, 0.2) is 0 Å². The first kappa shape index (κ1) is 18.7. The standard InChI is InChI=1S/C20H29B2N3O3/c1-19(2)20(3,4)28-22(27-19)13-7-9-15-16(11-13)24-18(23-15)17-12-6-8-14(10-12)25(17)21(5)26/h7,9,11-12,14,17,26H,6,8,10H2,1-5H3,(H,23,24)/t12-,14+,17-/m0/s1. The molecular weight excluding hydrogens is 352 g/mol. The summed E-state index contributed by atoms with van der Waals surface area (Å²) in [6.45, 7) is 10.1. The van der Waals surface area contributed by atoms with Crippen LogP contribution in [0.5, 0.6) is 0 Å². The number of imidazole rings is 1. The lowest BCUT2D eigenvalue weighted by Gasteiger charge is -2.34. The molecule has 3 fully saturated rings. The Morgan fingerprint density at radius 1 is 1.21 bits per heavy atom. The molecule has 0 unspecified atom stereocenters. The van der Waals surface area contributed by atoms with Crippen LogP contribution in [0.25, 0.3) is 11.0 Å². The van der Waals surface area contributed by atoms with Crippen LogP contribution in [0.3, 0.4) is 0 Å². The molecule has 2 N–H and O–H groups in total. The van der Waals surface area contributed by atoms with Crippen molar-refractivity contribution in [2.45, 2.75) is 77.1 Å². The maximum absolute atomic E-state index is 10.3. The molecule has 1 saturated carbocycles. The van der Waals surface area contributed by atoms with E-state index in [4.69, 9.17) is 14.3 Å². The first-order chi connectivity index (χ1) is 13.2. The lowest BCUT2D eigenvalue weighted by Crippen LogP contribution is -2.44.